The number of amides is 2. The van der Waals surface area contributed by atoms with Crippen molar-refractivity contribution >= 4 is 28.8 Å². The maximum absolute atomic E-state index is 12.4. The molecule has 10 heteroatoms. The zero-order valence-corrected chi connectivity index (χ0v) is 14.5. The number of piperidine rings is 1. The van der Waals surface area contributed by atoms with Gasteiger partial charge < -0.3 is 19.4 Å². The van der Waals surface area contributed by atoms with Crippen LogP contribution in [0.3, 0.4) is 0 Å². The summed E-state index contributed by atoms with van der Waals surface area (Å²) in [5.74, 6) is -0.0254. The highest BCUT2D eigenvalue weighted by molar-refractivity contribution is 5.94. The lowest BCUT2D eigenvalue weighted by atomic mass is 9.96. The van der Waals surface area contributed by atoms with Gasteiger partial charge in [0.05, 0.1) is 0 Å². The number of halogens is 3. The van der Waals surface area contributed by atoms with Gasteiger partial charge in [-0.2, -0.15) is 13.2 Å². The third kappa shape index (κ3) is 4.89. The molecule has 146 valence electrons. The van der Waals surface area contributed by atoms with Crippen LogP contribution in [-0.2, 0) is 9.53 Å². The van der Waals surface area contributed by atoms with Gasteiger partial charge in [-0.15, -0.1) is 0 Å². The highest BCUT2D eigenvalue weighted by Crippen LogP contribution is 2.23. The van der Waals surface area contributed by atoms with Gasteiger partial charge in [0.25, 0.3) is 0 Å². The van der Waals surface area contributed by atoms with Crippen LogP contribution >= 0.6 is 0 Å². The van der Waals surface area contributed by atoms with E-state index in [4.69, 9.17) is 4.42 Å². The topological polar surface area (TPSA) is 84.7 Å². The average molecular weight is 385 g/mol. The number of carbonyl (C=O) groups excluding carboxylic acids is 2. The van der Waals surface area contributed by atoms with Crippen molar-refractivity contribution in [3.8, 4) is 0 Å². The van der Waals surface area contributed by atoms with E-state index in [1.54, 1.807) is 25.1 Å². The minimum absolute atomic E-state index is 0.163. The Labute approximate surface area is 152 Å². The molecule has 27 heavy (non-hydrogen) atoms. The minimum atomic E-state index is -4.56. The number of likely N-dealkylation sites (tertiary alicyclic amines) is 1. The number of benzene rings is 1. The van der Waals surface area contributed by atoms with Gasteiger partial charge in [-0.3, -0.25) is 4.79 Å². The van der Waals surface area contributed by atoms with Crippen molar-refractivity contribution in [3.05, 3.63) is 24.1 Å². The second-order valence-corrected chi connectivity index (χ2v) is 6.34. The summed E-state index contributed by atoms with van der Waals surface area (Å²) in [6, 6.07) is 5.12. The molecule has 2 amide bonds. The van der Waals surface area contributed by atoms with Gasteiger partial charge in [-0.25, -0.2) is 9.78 Å². The highest BCUT2D eigenvalue weighted by atomic mass is 19.4. The van der Waals surface area contributed by atoms with E-state index in [1.807, 2.05) is 0 Å². The summed E-state index contributed by atoms with van der Waals surface area (Å²) in [7, 11) is 0. The molecule has 3 rings (SSSR count). The largest absolute Gasteiger partial charge is 0.441 e. The van der Waals surface area contributed by atoms with Crippen molar-refractivity contribution in [1.29, 1.82) is 0 Å². The van der Waals surface area contributed by atoms with E-state index in [1.165, 1.54) is 4.90 Å². The molecule has 1 aromatic heterocycles. The first-order chi connectivity index (χ1) is 12.7. The number of hydrogen-bond donors (Lipinski definition) is 1. The summed E-state index contributed by atoms with van der Waals surface area (Å²) in [4.78, 5) is 29.4. The number of alkyl halides is 3. The molecule has 7 nitrogen and oxygen atoms in total. The number of fused-ring (bicyclic) bond motifs is 1. The first-order valence-electron chi connectivity index (χ1n) is 8.38. The lowest BCUT2D eigenvalue weighted by Gasteiger charge is -2.30. The van der Waals surface area contributed by atoms with Crippen molar-refractivity contribution in [2.75, 3.05) is 25.0 Å². The predicted octanol–water partition coefficient (Wildman–Crippen LogP) is 3.49. The molecule has 0 bridgehead atoms. The number of ether oxygens (including phenoxy) is 1. The summed E-state index contributed by atoms with van der Waals surface area (Å²) in [6.07, 6.45) is -4.88. The van der Waals surface area contributed by atoms with Gasteiger partial charge in [-0.1, -0.05) is 0 Å². The second-order valence-electron chi connectivity index (χ2n) is 6.34. The number of aromatic nitrogens is 1. The quantitative estimate of drug-likeness (QED) is 0.874. The zero-order valence-electron chi connectivity index (χ0n) is 14.5. The van der Waals surface area contributed by atoms with E-state index in [0.29, 0.717) is 35.5 Å². The van der Waals surface area contributed by atoms with Gasteiger partial charge in [0, 0.05) is 31.6 Å². The molecule has 2 aromatic rings. The number of carbonyl (C=O) groups is 2. The highest BCUT2D eigenvalue weighted by Gasteiger charge is 2.33. The Morgan fingerprint density at radius 1 is 1.33 bits per heavy atom. The molecule has 0 unspecified atom stereocenters. The fourth-order valence-electron chi connectivity index (χ4n) is 2.92. The number of rotatable bonds is 3. The Morgan fingerprint density at radius 2 is 2.04 bits per heavy atom. The maximum atomic E-state index is 12.4. The van der Waals surface area contributed by atoms with Crippen molar-refractivity contribution in [2.45, 2.75) is 25.9 Å². The summed E-state index contributed by atoms with van der Waals surface area (Å²) < 4.78 is 45.9. The number of anilines is 1. The Hall–Kier alpha value is -2.78. The van der Waals surface area contributed by atoms with Crippen LogP contribution in [0.4, 0.5) is 23.7 Å². The average Bonchev–Trinajstić information content (AvgIpc) is 2.98. The molecule has 0 radical (unpaired) electrons. The number of nitrogens with one attached hydrogen (secondary N) is 1. The third-order valence-corrected chi connectivity index (χ3v) is 4.25. The Morgan fingerprint density at radius 3 is 2.70 bits per heavy atom. The van der Waals surface area contributed by atoms with Crippen LogP contribution in [0.15, 0.2) is 22.6 Å². The van der Waals surface area contributed by atoms with Crippen LogP contribution in [0.5, 0.6) is 0 Å². The van der Waals surface area contributed by atoms with E-state index in [2.05, 4.69) is 15.0 Å². The molecule has 0 aliphatic carbocycles. The van der Waals surface area contributed by atoms with E-state index in [9.17, 15) is 22.8 Å². The van der Waals surface area contributed by atoms with Crippen molar-refractivity contribution in [2.24, 2.45) is 5.92 Å². The fraction of sp³-hybridized carbons (Fsp3) is 0.471. The molecule has 1 aliphatic heterocycles. The second kappa shape index (κ2) is 7.45. The minimum Gasteiger partial charge on any atom is -0.441 e. The number of nitrogens with zero attached hydrogens (tertiary/aromatic N) is 2. The van der Waals surface area contributed by atoms with E-state index >= 15 is 0 Å². The van der Waals surface area contributed by atoms with Crippen LogP contribution in [0, 0.1) is 12.8 Å². The molecular formula is C17H18F3N3O4. The SMILES string of the molecule is Cc1nc2cc(NC(=O)C3CCN(C(=O)OCC(F)(F)F)CC3)ccc2o1. The molecule has 2 heterocycles. The van der Waals surface area contributed by atoms with Crippen molar-refractivity contribution in [1.82, 2.24) is 9.88 Å². The summed E-state index contributed by atoms with van der Waals surface area (Å²) in [6.45, 7) is 0.439. The molecule has 1 aliphatic rings. The van der Waals surface area contributed by atoms with Crippen molar-refractivity contribution < 1.29 is 31.9 Å². The lowest BCUT2D eigenvalue weighted by molar-refractivity contribution is -0.162. The zero-order chi connectivity index (χ0) is 19.6. The fourth-order valence-corrected chi connectivity index (χ4v) is 2.92. The lowest BCUT2D eigenvalue weighted by Crippen LogP contribution is -2.42. The van der Waals surface area contributed by atoms with Gasteiger partial charge in [0.1, 0.15) is 5.52 Å². The number of oxazole rings is 1. The van der Waals surface area contributed by atoms with Crippen molar-refractivity contribution in [3.63, 3.8) is 0 Å². The molecule has 0 atom stereocenters. The molecule has 1 saturated heterocycles. The van der Waals surface area contributed by atoms with Gasteiger partial charge in [0.2, 0.25) is 5.91 Å². The van der Waals surface area contributed by atoms with Crippen LogP contribution in [-0.4, -0.2) is 47.8 Å². The first kappa shape index (κ1) is 19.0. The molecule has 1 aromatic carbocycles. The van der Waals surface area contributed by atoms with Gasteiger partial charge in [-0.05, 0) is 31.0 Å². The van der Waals surface area contributed by atoms with Gasteiger partial charge >= 0.3 is 12.3 Å². The van der Waals surface area contributed by atoms with Crippen LogP contribution in [0.2, 0.25) is 0 Å². The van der Waals surface area contributed by atoms with Crippen LogP contribution < -0.4 is 5.32 Å². The summed E-state index contributed by atoms with van der Waals surface area (Å²) >= 11 is 0. The predicted molar refractivity (Wildman–Crippen MR) is 89.1 cm³/mol. The Bertz CT molecular complexity index is 842. The van der Waals surface area contributed by atoms with Crippen LogP contribution in [0.1, 0.15) is 18.7 Å². The summed E-state index contributed by atoms with van der Waals surface area (Å²) in [5, 5.41) is 2.80. The standard InChI is InChI=1S/C17H18F3N3O4/c1-10-21-13-8-12(2-3-14(13)27-10)22-15(24)11-4-6-23(7-5-11)16(25)26-9-17(18,19)20/h2-3,8,11H,4-7,9H2,1H3,(H,22,24). The Kier molecular flexibility index (Phi) is 5.24. The normalized spacial score (nSPS) is 15.8. The third-order valence-electron chi connectivity index (χ3n) is 4.25. The molecule has 0 saturated carbocycles. The number of aryl methyl sites for hydroxylation is 1. The van der Waals surface area contributed by atoms with E-state index < -0.39 is 18.9 Å². The molecule has 1 N–H and O–H groups in total. The van der Waals surface area contributed by atoms with Crippen LogP contribution in [0.25, 0.3) is 11.1 Å². The monoisotopic (exact) mass is 385 g/mol. The maximum Gasteiger partial charge on any atom is 0.422 e. The smallest absolute Gasteiger partial charge is 0.422 e. The van der Waals surface area contributed by atoms with E-state index in [0.717, 1.165) is 0 Å². The molecule has 1 fully saturated rings. The molecular weight excluding hydrogens is 367 g/mol. The molecule has 0 spiro atoms. The first-order valence-corrected chi connectivity index (χ1v) is 8.38. The summed E-state index contributed by atoms with van der Waals surface area (Å²) in [5.41, 5.74) is 1.83. The number of hydrogen-bond acceptors (Lipinski definition) is 5. The van der Waals surface area contributed by atoms with E-state index in [-0.39, 0.29) is 24.9 Å². The Balaban J connectivity index is 1.51. The van der Waals surface area contributed by atoms with Gasteiger partial charge in [0.15, 0.2) is 18.1 Å².